The number of nitrogens with zero attached hydrogens (tertiary/aromatic N) is 4. The second-order valence-corrected chi connectivity index (χ2v) is 7.23. The number of hydrogen-bond acceptors (Lipinski definition) is 7. The Kier molecular flexibility index (Phi) is 5.08. The van der Waals surface area contributed by atoms with Crippen molar-refractivity contribution >= 4 is 11.7 Å². The van der Waals surface area contributed by atoms with Crippen LogP contribution in [0.3, 0.4) is 0 Å². The number of fused-ring (bicyclic) bond motifs is 3. The molecule has 1 aromatic rings. The van der Waals surface area contributed by atoms with Crippen LogP contribution in [0.1, 0.15) is 29.5 Å². The van der Waals surface area contributed by atoms with Crippen LogP contribution in [-0.2, 0) is 16.1 Å². The molecule has 2 aliphatic heterocycles. The Labute approximate surface area is 154 Å². The van der Waals surface area contributed by atoms with E-state index < -0.39 is 5.92 Å². The molecule has 140 valence electrons. The van der Waals surface area contributed by atoms with Crippen molar-refractivity contribution in [2.24, 2.45) is 0 Å². The van der Waals surface area contributed by atoms with Crippen molar-refractivity contribution in [3.8, 4) is 11.8 Å². The van der Waals surface area contributed by atoms with E-state index in [1.54, 1.807) is 0 Å². The zero-order valence-electron chi connectivity index (χ0n) is 16.1. The van der Waals surface area contributed by atoms with E-state index in [1.165, 1.54) is 0 Å². The molecule has 26 heavy (non-hydrogen) atoms. The monoisotopic (exact) mass is 358 g/mol. The standard InChI is InChI=1S/C19H26N4O3/c1-6-25-19(24)17-15(10-21(2)3)23(5)14-7-12(8-20)18-13(16(14)17)9-22(4)11-26-18/h7,15,17H,6,9-11H2,1-5H3. The smallest absolute Gasteiger partial charge is 0.315 e. The van der Waals surface area contributed by atoms with Crippen LogP contribution in [0.5, 0.6) is 5.75 Å². The van der Waals surface area contributed by atoms with Gasteiger partial charge >= 0.3 is 5.97 Å². The second kappa shape index (κ2) is 7.14. The summed E-state index contributed by atoms with van der Waals surface area (Å²) >= 11 is 0. The highest BCUT2D eigenvalue weighted by Gasteiger charge is 2.45. The number of carbonyl (C=O) groups is 1. The van der Waals surface area contributed by atoms with E-state index in [0.29, 0.717) is 37.7 Å². The Morgan fingerprint density at radius 1 is 1.46 bits per heavy atom. The molecule has 0 fully saturated rings. The first-order chi connectivity index (χ1) is 12.4. The molecule has 0 aromatic heterocycles. The van der Waals surface area contributed by atoms with Gasteiger partial charge in [0, 0.05) is 37.0 Å². The predicted molar refractivity (Wildman–Crippen MR) is 98.2 cm³/mol. The lowest BCUT2D eigenvalue weighted by Gasteiger charge is -2.29. The number of hydrogen-bond donors (Lipinski definition) is 0. The number of benzene rings is 1. The van der Waals surface area contributed by atoms with Crippen LogP contribution in [0.2, 0.25) is 0 Å². The highest BCUT2D eigenvalue weighted by molar-refractivity contribution is 5.88. The molecule has 1 aromatic carbocycles. The molecule has 0 saturated carbocycles. The number of ether oxygens (including phenoxy) is 2. The average Bonchev–Trinajstić information content (AvgIpc) is 2.86. The van der Waals surface area contributed by atoms with Gasteiger partial charge in [-0.15, -0.1) is 0 Å². The van der Waals surface area contributed by atoms with Crippen molar-refractivity contribution in [1.82, 2.24) is 9.80 Å². The molecular formula is C19H26N4O3. The van der Waals surface area contributed by atoms with Crippen molar-refractivity contribution in [2.45, 2.75) is 25.4 Å². The number of likely N-dealkylation sites (N-methyl/N-ethyl adjacent to an activating group) is 2. The molecule has 2 atom stereocenters. The summed E-state index contributed by atoms with van der Waals surface area (Å²) in [6, 6.07) is 4.05. The first-order valence-corrected chi connectivity index (χ1v) is 8.84. The Bertz CT molecular complexity index is 756. The highest BCUT2D eigenvalue weighted by atomic mass is 16.5. The number of rotatable bonds is 4. The highest BCUT2D eigenvalue weighted by Crippen LogP contribution is 2.48. The number of carbonyl (C=O) groups excluding carboxylic acids is 1. The summed E-state index contributed by atoms with van der Waals surface area (Å²) in [6.45, 7) is 3.96. The largest absolute Gasteiger partial charge is 0.476 e. The summed E-state index contributed by atoms with van der Waals surface area (Å²) in [5.41, 5.74) is 3.31. The van der Waals surface area contributed by atoms with Crippen LogP contribution >= 0.6 is 0 Å². The molecule has 2 heterocycles. The molecule has 7 nitrogen and oxygen atoms in total. The topological polar surface area (TPSA) is 69.0 Å². The minimum absolute atomic E-state index is 0.0516. The summed E-state index contributed by atoms with van der Waals surface area (Å²) in [6.07, 6.45) is 0. The molecule has 2 unspecified atom stereocenters. The van der Waals surface area contributed by atoms with Crippen molar-refractivity contribution in [3.63, 3.8) is 0 Å². The number of nitriles is 1. The minimum atomic E-state index is -0.394. The van der Waals surface area contributed by atoms with Crippen LogP contribution in [0.4, 0.5) is 5.69 Å². The Morgan fingerprint density at radius 2 is 2.19 bits per heavy atom. The zero-order valence-corrected chi connectivity index (χ0v) is 16.1. The van der Waals surface area contributed by atoms with Gasteiger partial charge < -0.3 is 19.3 Å². The maximum absolute atomic E-state index is 12.9. The van der Waals surface area contributed by atoms with E-state index >= 15 is 0 Å². The van der Waals surface area contributed by atoms with Gasteiger partial charge in [0.15, 0.2) is 0 Å². The van der Waals surface area contributed by atoms with Gasteiger partial charge in [0.1, 0.15) is 24.5 Å². The third-order valence-corrected chi connectivity index (χ3v) is 5.04. The summed E-state index contributed by atoms with van der Waals surface area (Å²) in [5, 5.41) is 9.59. The first-order valence-electron chi connectivity index (χ1n) is 8.84. The first kappa shape index (κ1) is 18.5. The zero-order chi connectivity index (χ0) is 19.0. The molecule has 3 rings (SSSR count). The Morgan fingerprint density at radius 3 is 2.81 bits per heavy atom. The molecule has 0 radical (unpaired) electrons. The molecule has 2 aliphatic rings. The van der Waals surface area contributed by atoms with Crippen LogP contribution in [0.15, 0.2) is 6.07 Å². The predicted octanol–water partition coefficient (Wildman–Crippen LogP) is 1.37. The van der Waals surface area contributed by atoms with E-state index in [1.807, 2.05) is 46.1 Å². The summed E-state index contributed by atoms with van der Waals surface area (Å²) in [7, 11) is 7.93. The average molecular weight is 358 g/mol. The molecule has 0 bridgehead atoms. The van der Waals surface area contributed by atoms with Crippen molar-refractivity contribution < 1.29 is 14.3 Å². The lowest BCUT2D eigenvalue weighted by molar-refractivity contribution is -0.145. The SMILES string of the molecule is CCOC(=O)C1c2c(cc(C#N)c3c2CN(C)CO3)N(C)C1CN(C)C. The van der Waals surface area contributed by atoms with E-state index in [0.717, 1.165) is 16.8 Å². The number of anilines is 1. The maximum Gasteiger partial charge on any atom is 0.315 e. The fraction of sp³-hybridized carbons (Fsp3) is 0.579. The fourth-order valence-corrected chi connectivity index (χ4v) is 3.96. The van der Waals surface area contributed by atoms with E-state index in [-0.39, 0.29) is 12.0 Å². The van der Waals surface area contributed by atoms with Crippen LogP contribution < -0.4 is 9.64 Å². The Hall–Kier alpha value is -2.30. The van der Waals surface area contributed by atoms with Gasteiger partial charge in [-0.2, -0.15) is 5.26 Å². The van der Waals surface area contributed by atoms with E-state index in [4.69, 9.17) is 9.47 Å². The van der Waals surface area contributed by atoms with Crippen molar-refractivity contribution in [1.29, 1.82) is 5.26 Å². The van der Waals surface area contributed by atoms with Gasteiger partial charge in [0.25, 0.3) is 0 Å². The van der Waals surface area contributed by atoms with Gasteiger partial charge in [0.05, 0.1) is 18.2 Å². The van der Waals surface area contributed by atoms with E-state index in [9.17, 15) is 10.1 Å². The second-order valence-electron chi connectivity index (χ2n) is 7.23. The van der Waals surface area contributed by atoms with Gasteiger partial charge in [0.2, 0.25) is 0 Å². The molecule has 0 N–H and O–H groups in total. The lowest BCUT2D eigenvalue weighted by Crippen LogP contribution is -2.42. The molecule has 7 heteroatoms. The molecule has 0 aliphatic carbocycles. The third kappa shape index (κ3) is 3.00. The normalized spacial score (nSPS) is 21.8. The van der Waals surface area contributed by atoms with Gasteiger partial charge in [-0.1, -0.05) is 0 Å². The van der Waals surface area contributed by atoms with Crippen LogP contribution in [0.25, 0.3) is 0 Å². The molecule has 0 saturated heterocycles. The van der Waals surface area contributed by atoms with Gasteiger partial charge in [-0.05, 0) is 34.1 Å². The summed E-state index contributed by atoms with van der Waals surface area (Å²) < 4.78 is 11.3. The van der Waals surface area contributed by atoms with Crippen LogP contribution in [0, 0.1) is 11.3 Å². The summed E-state index contributed by atoms with van der Waals surface area (Å²) in [5.74, 6) is -0.00317. The van der Waals surface area contributed by atoms with Gasteiger partial charge in [-0.25, -0.2) is 0 Å². The molecule has 0 spiro atoms. The maximum atomic E-state index is 12.9. The third-order valence-electron chi connectivity index (χ3n) is 5.04. The fourth-order valence-electron chi connectivity index (χ4n) is 3.96. The van der Waals surface area contributed by atoms with Crippen LogP contribution in [-0.4, -0.2) is 69.9 Å². The molecule has 0 amide bonds. The van der Waals surface area contributed by atoms with Crippen molar-refractivity contribution in [2.75, 3.05) is 53.0 Å². The minimum Gasteiger partial charge on any atom is -0.476 e. The lowest BCUT2D eigenvalue weighted by atomic mass is 9.88. The quantitative estimate of drug-likeness (QED) is 0.753. The molecular weight excluding hydrogens is 332 g/mol. The van der Waals surface area contributed by atoms with Crippen molar-refractivity contribution in [3.05, 3.63) is 22.8 Å². The van der Waals surface area contributed by atoms with Gasteiger partial charge in [-0.3, -0.25) is 9.69 Å². The summed E-state index contributed by atoms with van der Waals surface area (Å²) in [4.78, 5) is 19.1. The van der Waals surface area contributed by atoms with E-state index in [2.05, 4.69) is 15.9 Å². The Balaban J connectivity index is 2.19. The number of esters is 1.